The summed E-state index contributed by atoms with van der Waals surface area (Å²) in [5.74, 6) is 0.00529. The van der Waals surface area contributed by atoms with Crippen molar-refractivity contribution in [2.75, 3.05) is 19.0 Å². The van der Waals surface area contributed by atoms with Crippen LogP contribution in [0.2, 0.25) is 0 Å². The molecule has 4 aromatic rings. The summed E-state index contributed by atoms with van der Waals surface area (Å²) >= 11 is 2.91. The molecule has 152 valence electrons. The van der Waals surface area contributed by atoms with Gasteiger partial charge in [0, 0.05) is 5.69 Å². The second kappa shape index (κ2) is 8.93. The summed E-state index contributed by atoms with van der Waals surface area (Å²) in [5.41, 5.74) is 6.56. The molecule has 2 aromatic carbocycles. The van der Waals surface area contributed by atoms with Crippen molar-refractivity contribution in [3.63, 3.8) is 0 Å². The maximum atomic E-state index is 12.3. The number of methoxy groups -OCH3 is 1. The first-order chi connectivity index (χ1) is 14.6. The molecular weight excluding hydrogens is 420 g/mol. The van der Waals surface area contributed by atoms with Gasteiger partial charge in [-0.05, 0) is 48.5 Å². The van der Waals surface area contributed by atoms with Gasteiger partial charge in [-0.15, -0.1) is 22.7 Å². The Morgan fingerprint density at radius 3 is 2.53 bits per heavy atom. The average molecular weight is 439 g/mol. The van der Waals surface area contributed by atoms with E-state index < -0.39 is 0 Å². The molecular formula is C21H18N4O3S2. The predicted octanol–water partition coefficient (Wildman–Crippen LogP) is 3.91. The molecule has 0 aliphatic heterocycles. The van der Waals surface area contributed by atoms with E-state index in [-0.39, 0.29) is 18.4 Å². The summed E-state index contributed by atoms with van der Waals surface area (Å²) in [5, 5.41) is 3.84. The number of carbonyl (C=O) groups is 2. The molecule has 0 aliphatic carbocycles. The minimum Gasteiger partial charge on any atom is -0.497 e. The number of anilines is 1. The van der Waals surface area contributed by atoms with Crippen molar-refractivity contribution in [2.45, 2.75) is 0 Å². The molecule has 2 heterocycles. The molecule has 0 fully saturated rings. The second-order valence-electron chi connectivity index (χ2n) is 6.23. The number of amides is 2. The standard InChI is InChI=1S/C21H18N4O3S2/c1-28-14-8-6-13(7-9-14)22-12-19(26)24-25-20(27)17-10-11-18(29-17)21-23-15-4-2-3-5-16(15)30-21/h2-11,22H,12H2,1H3,(H,24,26)(H,25,27). The van der Waals surface area contributed by atoms with Crippen molar-refractivity contribution in [3.8, 4) is 15.6 Å². The first-order valence-corrected chi connectivity index (χ1v) is 10.7. The Bertz CT molecular complexity index is 1150. The molecule has 9 heteroatoms. The lowest BCUT2D eigenvalue weighted by molar-refractivity contribution is -0.120. The van der Waals surface area contributed by atoms with Crippen LogP contribution in [0.25, 0.3) is 20.1 Å². The molecule has 0 bridgehead atoms. The molecule has 30 heavy (non-hydrogen) atoms. The minimum absolute atomic E-state index is 0.0218. The number of rotatable bonds is 6. The number of thiophene rings is 1. The van der Waals surface area contributed by atoms with Crippen LogP contribution in [-0.4, -0.2) is 30.5 Å². The number of thiazole rings is 1. The van der Waals surface area contributed by atoms with Crippen molar-refractivity contribution < 1.29 is 14.3 Å². The topological polar surface area (TPSA) is 92.4 Å². The van der Waals surface area contributed by atoms with Crippen molar-refractivity contribution in [1.82, 2.24) is 15.8 Å². The van der Waals surface area contributed by atoms with E-state index in [9.17, 15) is 9.59 Å². The van der Waals surface area contributed by atoms with Crippen molar-refractivity contribution in [1.29, 1.82) is 0 Å². The average Bonchev–Trinajstić information content (AvgIpc) is 3.43. The van der Waals surface area contributed by atoms with Gasteiger partial charge in [0.05, 0.1) is 33.6 Å². The lowest BCUT2D eigenvalue weighted by Crippen LogP contribution is -2.43. The number of carbonyl (C=O) groups excluding carboxylic acids is 2. The van der Waals surface area contributed by atoms with E-state index in [1.807, 2.05) is 30.3 Å². The Kier molecular flexibility index (Phi) is 5.92. The van der Waals surface area contributed by atoms with Gasteiger partial charge in [0.1, 0.15) is 10.8 Å². The summed E-state index contributed by atoms with van der Waals surface area (Å²) in [6, 6.07) is 18.7. The molecule has 0 spiro atoms. The SMILES string of the molecule is COc1ccc(NCC(=O)NNC(=O)c2ccc(-c3nc4ccccc4s3)s2)cc1. The van der Waals surface area contributed by atoms with Crippen LogP contribution in [0, 0.1) is 0 Å². The zero-order valence-corrected chi connectivity index (χ0v) is 17.6. The largest absolute Gasteiger partial charge is 0.497 e. The first kappa shape index (κ1) is 19.9. The summed E-state index contributed by atoms with van der Waals surface area (Å²) in [4.78, 5) is 30.3. The Labute approximate surface area is 180 Å². The predicted molar refractivity (Wildman–Crippen MR) is 120 cm³/mol. The lowest BCUT2D eigenvalue weighted by Gasteiger charge is -2.09. The highest BCUT2D eigenvalue weighted by Crippen LogP contribution is 2.34. The lowest BCUT2D eigenvalue weighted by atomic mass is 10.3. The van der Waals surface area contributed by atoms with E-state index >= 15 is 0 Å². The minimum atomic E-state index is -0.370. The molecule has 2 aromatic heterocycles. The van der Waals surface area contributed by atoms with Crippen LogP contribution in [0.3, 0.4) is 0 Å². The molecule has 0 radical (unpaired) electrons. The summed E-state index contributed by atoms with van der Waals surface area (Å²) < 4.78 is 6.19. The van der Waals surface area contributed by atoms with E-state index in [0.29, 0.717) is 4.88 Å². The highest BCUT2D eigenvalue weighted by atomic mass is 32.1. The molecule has 0 saturated carbocycles. The molecule has 2 amide bonds. The van der Waals surface area contributed by atoms with Crippen LogP contribution in [0.5, 0.6) is 5.75 Å². The first-order valence-electron chi connectivity index (χ1n) is 9.05. The maximum absolute atomic E-state index is 12.3. The van der Waals surface area contributed by atoms with E-state index in [1.54, 1.807) is 48.8 Å². The number of ether oxygens (including phenoxy) is 1. The fourth-order valence-electron chi connectivity index (χ4n) is 2.68. The maximum Gasteiger partial charge on any atom is 0.279 e. The Balaban J connectivity index is 1.30. The second-order valence-corrected chi connectivity index (χ2v) is 8.35. The van der Waals surface area contributed by atoms with Gasteiger partial charge in [0.15, 0.2) is 0 Å². The summed E-state index contributed by atoms with van der Waals surface area (Å²) in [7, 11) is 1.59. The summed E-state index contributed by atoms with van der Waals surface area (Å²) in [6.07, 6.45) is 0. The fraction of sp³-hybridized carbons (Fsp3) is 0.0952. The third-order valence-corrected chi connectivity index (χ3v) is 6.48. The van der Waals surface area contributed by atoms with E-state index in [0.717, 1.165) is 31.5 Å². The van der Waals surface area contributed by atoms with E-state index in [2.05, 4.69) is 21.2 Å². The van der Waals surface area contributed by atoms with Crippen LogP contribution in [-0.2, 0) is 4.79 Å². The number of para-hydroxylation sites is 1. The van der Waals surface area contributed by atoms with E-state index in [4.69, 9.17) is 4.74 Å². The number of hydrogen-bond donors (Lipinski definition) is 3. The van der Waals surface area contributed by atoms with Crippen molar-refractivity contribution >= 4 is 50.4 Å². The number of nitrogens with zero attached hydrogens (tertiary/aromatic N) is 1. The quantitative estimate of drug-likeness (QED) is 0.397. The van der Waals surface area contributed by atoms with Crippen LogP contribution in [0.15, 0.2) is 60.7 Å². The molecule has 3 N–H and O–H groups in total. The Morgan fingerprint density at radius 1 is 0.967 bits per heavy atom. The van der Waals surface area contributed by atoms with Crippen molar-refractivity contribution in [3.05, 3.63) is 65.5 Å². The zero-order valence-electron chi connectivity index (χ0n) is 16.0. The normalized spacial score (nSPS) is 10.6. The van der Waals surface area contributed by atoms with E-state index in [1.165, 1.54) is 11.3 Å². The van der Waals surface area contributed by atoms with Crippen LogP contribution >= 0.6 is 22.7 Å². The molecule has 0 saturated heterocycles. The number of benzene rings is 2. The monoisotopic (exact) mass is 438 g/mol. The molecule has 0 atom stereocenters. The van der Waals surface area contributed by atoms with Crippen LogP contribution < -0.4 is 20.9 Å². The van der Waals surface area contributed by atoms with Gasteiger partial charge in [-0.1, -0.05) is 12.1 Å². The van der Waals surface area contributed by atoms with Gasteiger partial charge < -0.3 is 10.1 Å². The number of hydrogen-bond acceptors (Lipinski definition) is 7. The van der Waals surface area contributed by atoms with Gasteiger partial charge in [0.2, 0.25) is 0 Å². The molecule has 4 rings (SSSR count). The number of hydrazine groups is 1. The van der Waals surface area contributed by atoms with Gasteiger partial charge in [0.25, 0.3) is 11.8 Å². The van der Waals surface area contributed by atoms with Gasteiger partial charge in [-0.3, -0.25) is 20.4 Å². The third-order valence-electron chi connectivity index (χ3n) is 4.19. The third kappa shape index (κ3) is 4.58. The van der Waals surface area contributed by atoms with Gasteiger partial charge in [-0.25, -0.2) is 4.98 Å². The zero-order chi connectivity index (χ0) is 20.9. The molecule has 0 unspecified atom stereocenters. The smallest absolute Gasteiger partial charge is 0.279 e. The van der Waals surface area contributed by atoms with Gasteiger partial charge >= 0.3 is 0 Å². The van der Waals surface area contributed by atoms with Gasteiger partial charge in [-0.2, -0.15) is 0 Å². The Morgan fingerprint density at radius 2 is 1.77 bits per heavy atom. The van der Waals surface area contributed by atoms with Crippen molar-refractivity contribution in [2.24, 2.45) is 0 Å². The van der Waals surface area contributed by atoms with Crippen LogP contribution in [0.1, 0.15) is 9.67 Å². The number of nitrogens with one attached hydrogen (secondary N) is 3. The Hall–Kier alpha value is -3.43. The highest BCUT2D eigenvalue weighted by Gasteiger charge is 2.14. The number of fused-ring (bicyclic) bond motifs is 1. The highest BCUT2D eigenvalue weighted by molar-refractivity contribution is 7.26. The molecule has 7 nitrogen and oxygen atoms in total. The van der Waals surface area contributed by atoms with Crippen LogP contribution in [0.4, 0.5) is 5.69 Å². The fourth-order valence-corrected chi connectivity index (χ4v) is 4.60. The summed E-state index contributed by atoms with van der Waals surface area (Å²) in [6.45, 7) is 0.0218. The number of aromatic nitrogens is 1. The molecule has 0 aliphatic rings.